The zero-order valence-electron chi connectivity index (χ0n) is 17.1. The normalized spacial score (nSPS) is 15.1. The number of carbonyl (C=O) groups excluding carboxylic acids is 1. The molecule has 0 aliphatic carbocycles. The van der Waals surface area contributed by atoms with E-state index < -0.39 is 11.7 Å². The molecule has 0 saturated carbocycles. The van der Waals surface area contributed by atoms with Crippen molar-refractivity contribution in [3.8, 4) is 11.3 Å². The number of nitrogens with zero attached hydrogens (tertiary/aromatic N) is 3. The van der Waals surface area contributed by atoms with Crippen molar-refractivity contribution in [3.63, 3.8) is 0 Å². The summed E-state index contributed by atoms with van der Waals surface area (Å²) in [4.78, 5) is 23.0. The fourth-order valence-corrected chi connectivity index (χ4v) is 4.58. The van der Waals surface area contributed by atoms with Crippen molar-refractivity contribution < 1.29 is 18.0 Å². The largest absolute Gasteiger partial charge is 0.417 e. The molecule has 1 fully saturated rings. The lowest BCUT2D eigenvalue weighted by atomic mass is 9.95. The van der Waals surface area contributed by atoms with Gasteiger partial charge in [0.05, 0.1) is 21.3 Å². The van der Waals surface area contributed by atoms with Crippen molar-refractivity contribution in [2.75, 3.05) is 23.3 Å². The van der Waals surface area contributed by atoms with Crippen LogP contribution in [0.4, 0.5) is 24.7 Å². The Kier molecular flexibility index (Phi) is 6.39. The minimum absolute atomic E-state index is 0.0446. The number of halogens is 4. The Morgan fingerprint density at radius 1 is 1.25 bits per heavy atom. The predicted molar refractivity (Wildman–Crippen MR) is 120 cm³/mol. The van der Waals surface area contributed by atoms with Crippen molar-refractivity contribution in [3.05, 3.63) is 57.5 Å². The summed E-state index contributed by atoms with van der Waals surface area (Å²) in [6, 6.07) is 8.44. The van der Waals surface area contributed by atoms with Crippen molar-refractivity contribution in [2.45, 2.75) is 25.9 Å². The molecule has 0 unspecified atom stereocenters. The number of piperidine rings is 1. The maximum atomic E-state index is 12.8. The number of aromatic nitrogens is 2. The summed E-state index contributed by atoms with van der Waals surface area (Å²) >= 11 is 7.62. The molecule has 2 aromatic heterocycles. The monoisotopic (exact) mass is 480 g/mol. The number of thiazole rings is 1. The molecular formula is C22H20ClF3N4OS. The molecule has 3 heterocycles. The highest BCUT2D eigenvalue weighted by atomic mass is 35.5. The first kappa shape index (κ1) is 22.5. The number of carbonyl (C=O) groups is 1. The highest BCUT2D eigenvalue weighted by Gasteiger charge is 2.33. The molecule has 1 saturated heterocycles. The van der Waals surface area contributed by atoms with E-state index in [1.54, 1.807) is 11.3 Å². The van der Waals surface area contributed by atoms with Gasteiger partial charge < -0.3 is 10.2 Å². The molecule has 1 N–H and O–H groups in total. The smallest absolute Gasteiger partial charge is 0.355 e. The van der Waals surface area contributed by atoms with Gasteiger partial charge in [0.25, 0.3) is 0 Å². The summed E-state index contributed by atoms with van der Waals surface area (Å²) in [7, 11) is 0. The van der Waals surface area contributed by atoms with E-state index in [-0.39, 0.29) is 16.8 Å². The van der Waals surface area contributed by atoms with Gasteiger partial charge >= 0.3 is 6.18 Å². The number of amides is 1. The predicted octanol–water partition coefficient (Wildman–Crippen LogP) is 6.04. The van der Waals surface area contributed by atoms with Crippen LogP contribution < -0.4 is 10.2 Å². The van der Waals surface area contributed by atoms with Gasteiger partial charge in [-0.15, -0.1) is 11.3 Å². The number of pyridine rings is 1. The number of nitrogens with one attached hydrogen (secondary N) is 1. The first-order valence-corrected chi connectivity index (χ1v) is 11.3. The number of hydrogen-bond donors (Lipinski definition) is 1. The lowest BCUT2D eigenvalue weighted by molar-refractivity contribution is -0.137. The average molecular weight is 481 g/mol. The number of aryl methyl sites for hydroxylation is 1. The van der Waals surface area contributed by atoms with E-state index >= 15 is 0 Å². The average Bonchev–Trinajstić information content (AvgIpc) is 3.20. The fraction of sp³-hybridized carbons (Fsp3) is 0.318. The third kappa shape index (κ3) is 5.05. The number of rotatable bonds is 4. The molecule has 10 heteroatoms. The highest BCUT2D eigenvalue weighted by Crippen LogP contribution is 2.35. The van der Waals surface area contributed by atoms with E-state index in [4.69, 9.17) is 11.6 Å². The second kappa shape index (κ2) is 9.07. The van der Waals surface area contributed by atoms with Crippen molar-refractivity contribution in [2.24, 2.45) is 5.92 Å². The summed E-state index contributed by atoms with van der Waals surface area (Å²) in [5.41, 5.74) is 1.63. The third-order valence-electron chi connectivity index (χ3n) is 5.36. The van der Waals surface area contributed by atoms with E-state index in [9.17, 15) is 18.0 Å². The van der Waals surface area contributed by atoms with Gasteiger partial charge in [-0.25, -0.2) is 9.97 Å². The van der Waals surface area contributed by atoms with Gasteiger partial charge in [0, 0.05) is 41.8 Å². The number of alkyl halides is 3. The molecule has 1 aliphatic rings. The summed E-state index contributed by atoms with van der Waals surface area (Å²) in [6.07, 6.45) is -2.60. The van der Waals surface area contributed by atoms with Crippen LogP contribution in [0.25, 0.3) is 11.3 Å². The summed E-state index contributed by atoms with van der Waals surface area (Å²) in [6.45, 7) is 2.90. The van der Waals surface area contributed by atoms with E-state index in [0.717, 1.165) is 28.5 Å². The van der Waals surface area contributed by atoms with Crippen LogP contribution in [0.5, 0.6) is 0 Å². The number of anilines is 2. The van der Waals surface area contributed by atoms with E-state index in [1.165, 1.54) is 0 Å². The minimum atomic E-state index is -4.49. The van der Waals surface area contributed by atoms with Gasteiger partial charge in [-0.2, -0.15) is 13.2 Å². The van der Waals surface area contributed by atoms with Gasteiger partial charge in [0.1, 0.15) is 5.82 Å². The van der Waals surface area contributed by atoms with Crippen LogP contribution in [-0.4, -0.2) is 29.0 Å². The molecule has 1 amide bonds. The molecule has 0 atom stereocenters. The molecular weight excluding hydrogens is 461 g/mol. The van der Waals surface area contributed by atoms with Crippen molar-refractivity contribution in [1.82, 2.24) is 9.97 Å². The molecule has 32 heavy (non-hydrogen) atoms. The van der Waals surface area contributed by atoms with Crippen molar-refractivity contribution in [1.29, 1.82) is 0 Å². The Labute approximate surface area is 192 Å². The van der Waals surface area contributed by atoms with Crippen LogP contribution >= 0.6 is 22.9 Å². The van der Waals surface area contributed by atoms with Crippen LogP contribution in [0.3, 0.4) is 0 Å². The Hall–Kier alpha value is -2.65. The fourth-order valence-electron chi connectivity index (χ4n) is 3.67. The second-order valence-corrected chi connectivity index (χ2v) is 9.08. The Morgan fingerprint density at radius 2 is 2.00 bits per heavy atom. The SMILES string of the molecule is Cc1nc(-c2cccc(NC(=O)C3CCN(c4ncc(C(F)(F)F)cc4Cl)CC3)c2)cs1. The first-order valence-electron chi connectivity index (χ1n) is 10.0. The number of hydrogen-bond acceptors (Lipinski definition) is 5. The Bertz CT molecular complexity index is 1130. The molecule has 5 nitrogen and oxygen atoms in total. The molecule has 168 valence electrons. The van der Waals surface area contributed by atoms with Gasteiger partial charge in [-0.1, -0.05) is 23.7 Å². The maximum absolute atomic E-state index is 12.8. The summed E-state index contributed by atoms with van der Waals surface area (Å²) in [5.74, 6) is 0.0252. The van der Waals surface area contributed by atoms with Gasteiger partial charge in [0.2, 0.25) is 5.91 Å². The Balaban J connectivity index is 1.37. The molecule has 0 spiro atoms. The topological polar surface area (TPSA) is 58.1 Å². The summed E-state index contributed by atoms with van der Waals surface area (Å²) in [5, 5.41) is 5.88. The zero-order valence-corrected chi connectivity index (χ0v) is 18.7. The molecule has 3 aromatic rings. The van der Waals surface area contributed by atoms with Crippen molar-refractivity contribution >= 4 is 40.4 Å². The van der Waals surface area contributed by atoms with Crippen LogP contribution in [-0.2, 0) is 11.0 Å². The molecule has 1 aromatic carbocycles. The van der Waals surface area contributed by atoms with E-state index in [2.05, 4.69) is 15.3 Å². The quantitative estimate of drug-likeness (QED) is 0.494. The zero-order chi connectivity index (χ0) is 22.9. The number of benzene rings is 1. The van der Waals surface area contributed by atoms with Crippen LogP contribution in [0.2, 0.25) is 5.02 Å². The second-order valence-electron chi connectivity index (χ2n) is 7.61. The molecule has 4 rings (SSSR count). The molecule has 1 aliphatic heterocycles. The molecule has 0 bridgehead atoms. The van der Waals surface area contributed by atoms with Gasteiger partial charge in [-0.05, 0) is 38.0 Å². The lowest BCUT2D eigenvalue weighted by Gasteiger charge is -2.32. The van der Waals surface area contributed by atoms with Crippen LogP contribution in [0.1, 0.15) is 23.4 Å². The van der Waals surface area contributed by atoms with Gasteiger partial charge in [-0.3, -0.25) is 4.79 Å². The third-order valence-corrected chi connectivity index (χ3v) is 6.41. The molecule has 0 radical (unpaired) electrons. The highest BCUT2D eigenvalue weighted by molar-refractivity contribution is 7.09. The minimum Gasteiger partial charge on any atom is -0.355 e. The first-order chi connectivity index (χ1) is 15.2. The summed E-state index contributed by atoms with van der Waals surface area (Å²) < 4.78 is 38.5. The van der Waals surface area contributed by atoms with Gasteiger partial charge in [0.15, 0.2) is 0 Å². The lowest BCUT2D eigenvalue weighted by Crippen LogP contribution is -2.38. The van der Waals surface area contributed by atoms with Crippen LogP contribution in [0, 0.1) is 12.8 Å². The standard InChI is InChI=1S/C22H20ClF3N4OS/c1-13-28-19(12-32-13)15-3-2-4-17(9-15)29-21(31)14-5-7-30(8-6-14)20-18(23)10-16(11-27-20)22(24,25)26/h2-4,9-12,14H,5-8H2,1H3,(H,29,31). The Morgan fingerprint density at radius 3 is 2.62 bits per heavy atom. The van der Waals surface area contributed by atoms with Crippen LogP contribution in [0.15, 0.2) is 41.9 Å². The maximum Gasteiger partial charge on any atom is 0.417 e. The van der Waals surface area contributed by atoms with E-state index in [0.29, 0.717) is 37.4 Å². The van der Waals surface area contributed by atoms with E-state index in [1.807, 2.05) is 41.5 Å².